The molecule has 2 rings (SSSR count). The quantitative estimate of drug-likeness (QED) is 0.807. The Kier molecular flexibility index (Phi) is 2.50. The summed E-state index contributed by atoms with van der Waals surface area (Å²) in [6.45, 7) is 5.06. The second kappa shape index (κ2) is 3.68. The molecule has 1 saturated heterocycles. The van der Waals surface area contributed by atoms with E-state index in [0.29, 0.717) is 6.42 Å². The number of nitrogens with one attached hydrogen (secondary N) is 1. The first-order valence-corrected chi connectivity index (χ1v) is 5.44. The Labute approximate surface area is 89.7 Å². The largest absolute Gasteiger partial charge is 0.351 e. The van der Waals surface area contributed by atoms with E-state index in [1.165, 1.54) is 5.56 Å². The Morgan fingerprint density at radius 1 is 1.67 bits per heavy atom. The van der Waals surface area contributed by atoms with Gasteiger partial charge in [0.25, 0.3) is 0 Å². The van der Waals surface area contributed by atoms with E-state index in [0.717, 1.165) is 19.4 Å². The minimum absolute atomic E-state index is 0.0707. The summed E-state index contributed by atoms with van der Waals surface area (Å²) in [4.78, 5) is 11.2. The fourth-order valence-electron chi connectivity index (χ4n) is 2.10. The monoisotopic (exact) mass is 207 g/mol. The van der Waals surface area contributed by atoms with E-state index in [2.05, 4.69) is 30.5 Å². The first kappa shape index (κ1) is 10.2. The van der Waals surface area contributed by atoms with Crippen molar-refractivity contribution in [1.29, 1.82) is 0 Å². The van der Waals surface area contributed by atoms with E-state index in [1.54, 1.807) is 0 Å². The molecule has 1 aliphatic heterocycles. The number of rotatable bonds is 3. The molecule has 0 aliphatic carbocycles. The van der Waals surface area contributed by atoms with Crippen LogP contribution in [0, 0.1) is 0 Å². The fraction of sp³-hybridized carbons (Fsp3) is 0.636. The Morgan fingerprint density at radius 3 is 3.00 bits per heavy atom. The van der Waals surface area contributed by atoms with Gasteiger partial charge >= 0.3 is 0 Å². The van der Waals surface area contributed by atoms with Crippen molar-refractivity contribution in [3.63, 3.8) is 0 Å². The van der Waals surface area contributed by atoms with Crippen LogP contribution in [-0.4, -0.2) is 21.2 Å². The zero-order chi connectivity index (χ0) is 10.9. The summed E-state index contributed by atoms with van der Waals surface area (Å²) in [6, 6.07) is 0. The van der Waals surface area contributed by atoms with Gasteiger partial charge in [0.2, 0.25) is 5.91 Å². The number of hydrogen-bond donors (Lipinski definition) is 1. The van der Waals surface area contributed by atoms with Crippen molar-refractivity contribution in [3.05, 3.63) is 18.0 Å². The van der Waals surface area contributed by atoms with Gasteiger partial charge in [-0.15, -0.1) is 0 Å². The second-order valence-electron chi connectivity index (χ2n) is 4.49. The number of aryl methyl sites for hydroxylation is 1. The first-order valence-electron chi connectivity index (χ1n) is 5.44. The van der Waals surface area contributed by atoms with Gasteiger partial charge in [-0.05, 0) is 32.3 Å². The topological polar surface area (TPSA) is 46.9 Å². The Morgan fingerprint density at radius 2 is 2.47 bits per heavy atom. The fourth-order valence-corrected chi connectivity index (χ4v) is 2.10. The predicted molar refractivity (Wildman–Crippen MR) is 57.4 cm³/mol. The normalized spacial score (nSPS) is 25.6. The summed E-state index contributed by atoms with van der Waals surface area (Å²) in [7, 11) is 0. The molecular weight excluding hydrogens is 190 g/mol. The molecule has 1 aromatic rings. The highest BCUT2D eigenvalue weighted by atomic mass is 16.2. The van der Waals surface area contributed by atoms with E-state index >= 15 is 0 Å². The molecule has 15 heavy (non-hydrogen) atoms. The molecule has 0 spiro atoms. The molecule has 1 unspecified atom stereocenters. The molecule has 0 aromatic carbocycles. The standard InChI is InChI=1S/C11H17N3O/c1-3-14-8-9(7-12-14)6-11(2)5-4-10(15)13-11/h7-8H,3-6H2,1-2H3,(H,13,15). The maximum atomic E-state index is 11.2. The number of carbonyl (C=O) groups excluding carboxylic acids is 1. The molecular formula is C11H17N3O. The van der Waals surface area contributed by atoms with Crippen molar-refractivity contribution in [2.24, 2.45) is 0 Å². The van der Waals surface area contributed by atoms with Crippen molar-refractivity contribution < 1.29 is 4.79 Å². The lowest BCUT2D eigenvalue weighted by Crippen LogP contribution is -2.40. The van der Waals surface area contributed by atoms with Gasteiger partial charge < -0.3 is 5.32 Å². The van der Waals surface area contributed by atoms with Crippen molar-refractivity contribution in [2.45, 2.75) is 45.2 Å². The number of carbonyl (C=O) groups is 1. The minimum Gasteiger partial charge on any atom is -0.351 e. The molecule has 82 valence electrons. The van der Waals surface area contributed by atoms with Crippen LogP contribution in [0.5, 0.6) is 0 Å². The van der Waals surface area contributed by atoms with Crippen LogP contribution in [0.3, 0.4) is 0 Å². The van der Waals surface area contributed by atoms with Crippen LogP contribution in [0.25, 0.3) is 0 Å². The van der Waals surface area contributed by atoms with Crippen LogP contribution in [0.4, 0.5) is 0 Å². The van der Waals surface area contributed by atoms with Gasteiger partial charge in [0.1, 0.15) is 0 Å². The minimum atomic E-state index is -0.0707. The van der Waals surface area contributed by atoms with Gasteiger partial charge in [-0.25, -0.2) is 0 Å². The number of aromatic nitrogens is 2. The molecule has 1 amide bonds. The number of amides is 1. The lowest BCUT2D eigenvalue weighted by molar-refractivity contribution is -0.119. The molecule has 2 heterocycles. The highest BCUT2D eigenvalue weighted by molar-refractivity contribution is 5.79. The van der Waals surface area contributed by atoms with Gasteiger partial charge in [0.15, 0.2) is 0 Å². The van der Waals surface area contributed by atoms with Crippen molar-refractivity contribution in [3.8, 4) is 0 Å². The third-order valence-electron chi connectivity index (χ3n) is 2.95. The second-order valence-corrected chi connectivity index (χ2v) is 4.49. The SMILES string of the molecule is CCn1cc(CC2(C)CCC(=O)N2)cn1. The molecule has 1 fully saturated rings. The maximum absolute atomic E-state index is 11.2. The summed E-state index contributed by atoms with van der Waals surface area (Å²) >= 11 is 0. The van der Waals surface area contributed by atoms with Crippen LogP contribution in [0.2, 0.25) is 0 Å². The molecule has 0 saturated carbocycles. The lowest BCUT2D eigenvalue weighted by Gasteiger charge is -2.22. The molecule has 4 heteroatoms. The van der Waals surface area contributed by atoms with Crippen LogP contribution in [0.1, 0.15) is 32.3 Å². The summed E-state index contributed by atoms with van der Waals surface area (Å²) in [5, 5.41) is 7.26. The summed E-state index contributed by atoms with van der Waals surface area (Å²) in [5.41, 5.74) is 1.13. The Balaban J connectivity index is 2.05. The lowest BCUT2D eigenvalue weighted by atomic mass is 9.93. The van der Waals surface area contributed by atoms with Crippen LogP contribution >= 0.6 is 0 Å². The Hall–Kier alpha value is -1.32. The van der Waals surface area contributed by atoms with Crippen LogP contribution < -0.4 is 5.32 Å². The average molecular weight is 207 g/mol. The molecule has 1 aromatic heterocycles. The first-order chi connectivity index (χ1) is 7.11. The van der Waals surface area contributed by atoms with Gasteiger partial charge in [-0.2, -0.15) is 5.10 Å². The number of nitrogens with zero attached hydrogens (tertiary/aromatic N) is 2. The van der Waals surface area contributed by atoms with E-state index in [1.807, 2.05) is 10.9 Å². The van der Waals surface area contributed by atoms with E-state index in [4.69, 9.17) is 0 Å². The van der Waals surface area contributed by atoms with E-state index < -0.39 is 0 Å². The highest BCUT2D eigenvalue weighted by Crippen LogP contribution is 2.23. The third kappa shape index (κ3) is 2.19. The summed E-state index contributed by atoms with van der Waals surface area (Å²) in [5.74, 6) is 0.167. The third-order valence-corrected chi connectivity index (χ3v) is 2.95. The van der Waals surface area contributed by atoms with Crippen LogP contribution in [0.15, 0.2) is 12.4 Å². The molecule has 0 bridgehead atoms. The Bertz CT molecular complexity index is 372. The number of hydrogen-bond acceptors (Lipinski definition) is 2. The predicted octanol–water partition coefficient (Wildman–Crippen LogP) is 1.11. The smallest absolute Gasteiger partial charge is 0.220 e. The van der Waals surface area contributed by atoms with Crippen molar-refractivity contribution in [2.75, 3.05) is 0 Å². The van der Waals surface area contributed by atoms with E-state index in [-0.39, 0.29) is 11.4 Å². The average Bonchev–Trinajstić information content (AvgIpc) is 2.74. The van der Waals surface area contributed by atoms with Gasteiger partial charge in [-0.3, -0.25) is 9.48 Å². The highest BCUT2D eigenvalue weighted by Gasteiger charge is 2.33. The van der Waals surface area contributed by atoms with Crippen LogP contribution in [-0.2, 0) is 17.8 Å². The summed E-state index contributed by atoms with van der Waals surface area (Å²) < 4.78 is 1.91. The molecule has 1 N–H and O–H groups in total. The molecule has 1 aliphatic rings. The summed E-state index contributed by atoms with van der Waals surface area (Å²) in [6.07, 6.45) is 6.38. The van der Waals surface area contributed by atoms with Gasteiger partial charge in [-0.1, -0.05) is 0 Å². The molecule has 0 radical (unpaired) electrons. The van der Waals surface area contributed by atoms with Crippen molar-refractivity contribution >= 4 is 5.91 Å². The zero-order valence-corrected chi connectivity index (χ0v) is 9.29. The van der Waals surface area contributed by atoms with Crippen molar-refractivity contribution in [1.82, 2.24) is 15.1 Å². The van der Waals surface area contributed by atoms with Gasteiger partial charge in [0, 0.05) is 24.7 Å². The molecule has 4 nitrogen and oxygen atoms in total. The zero-order valence-electron chi connectivity index (χ0n) is 9.29. The maximum Gasteiger partial charge on any atom is 0.220 e. The van der Waals surface area contributed by atoms with Gasteiger partial charge in [0.05, 0.1) is 6.20 Å². The molecule has 1 atom stereocenters. The van der Waals surface area contributed by atoms with E-state index in [9.17, 15) is 4.79 Å².